The quantitative estimate of drug-likeness (QED) is 0.775. The van der Waals surface area contributed by atoms with Crippen LogP contribution in [0, 0.1) is 5.92 Å². The summed E-state index contributed by atoms with van der Waals surface area (Å²) in [5.74, 6) is 0.803. The van der Waals surface area contributed by atoms with Crippen molar-refractivity contribution in [2.75, 3.05) is 6.54 Å². The molecule has 0 saturated carbocycles. The average Bonchev–Trinajstić information content (AvgIpc) is 2.48. The molecule has 2 aromatic carbocycles. The third-order valence-electron chi connectivity index (χ3n) is 5.27. The molecule has 2 atom stereocenters. The molecule has 0 radical (unpaired) electrons. The first kappa shape index (κ1) is 14.3. The predicted molar refractivity (Wildman–Crippen MR) is 92.2 cm³/mol. The fourth-order valence-corrected chi connectivity index (χ4v) is 4.38. The zero-order chi connectivity index (χ0) is 14.9. The first-order valence-electron chi connectivity index (χ1n) is 8.33. The van der Waals surface area contributed by atoms with Gasteiger partial charge in [-0.15, -0.1) is 0 Å². The Morgan fingerprint density at radius 2 is 1.77 bits per heavy atom. The summed E-state index contributed by atoms with van der Waals surface area (Å²) in [6.45, 7) is 2.26. The molecule has 2 heterocycles. The van der Waals surface area contributed by atoms with E-state index < -0.39 is 0 Å². The van der Waals surface area contributed by atoms with Crippen LogP contribution in [0.1, 0.15) is 29.5 Å². The summed E-state index contributed by atoms with van der Waals surface area (Å²) in [5.41, 5.74) is 4.49. The summed E-state index contributed by atoms with van der Waals surface area (Å²) >= 11 is 6.15. The van der Waals surface area contributed by atoms with Crippen molar-refractivity contribution in [3.05, 3.63) is 70.2 Å². The van der Waals surface area contributed by atoms with Gasteiger partial charge in [-0.1, -0.05) is 48.0 Å². The van der Waals surface area contributed by atoms with E-state index in [1.54, 1.807) is 11.1 Å². The Labute approximate surface area is 137 Å². The highest BCUT2D eigenvalue weighted by Gasteiger charge is 2.31. The third kappa shape index (κ3) is 2.93. The van der Waals surface area contributed by atoms with Gasteiger partial charge in [0.25, 0.3) is 0 Å². The summed E-state index contributed by atoms with van der Waals surface area (Å²) < 4.78 is 0. The molecule has 0 unspecified atom stereocenters. The van der Waals surface area contributed by atoms with Crippen molar-refractivity contribution in [1.29, 1.82) is 0 Å². The number of hydrogen-bond donors (Lipinski definition) is 0. The Morgan fingerprint density at radius 3 is 2.59 bits per heavy atom. The molecule has 114 valence electrons. The van der Waals surface area contributed by atoms with Crippen molar-refractivity contribution in [2.45, 2.75) is 38.3 Å². The SMILES string of the molecule is Clc1cccc(CN2C[C@H]3CC[C@H]2Cc2ccccc2C3)c1. The van der Waals surface area contributed by atoms with Gasteiger partial charge in [0.1, 0.15) is 0 Å². The first-order chi connectivity index (χ1) is 10.8. The Morgan fingerprint density at radius 1 is 0.955 bits per heavy atom. The minimum absolute atomic E-state index is 0.677. The van der Waals surface area contributed by atoms with E-state index in [-0.39, 0.29) is 0 Å². The topological polar surface area (TPSA) is 3.24 Å². The maximum Gasteiger partial charge on any atom is 0.0409 e. The van der Waals surface area contributed by atoms with Crippen molar-refractivity contribution in [3.63, 3.8) is 0 Å². The van der Waals surface area contributed by atoms with Gasteiger partial charge in [0.2, 0.25) is 0 Å². The Balaban J connectivity index is 1.58. The minimum atomic E-state index is 0.677. The lowest BCUT2D eigenvalue weighted by atomic mass is 9.80. The van der Waals surface area contributed by atoms with Crippen LogP contribution in [-0.2, 0) is 19.4 Å². The van der Waals surface area contributed by atoms with Gasteiger partial charge in [-0.05, 0) is 60.4 Å². The predicted octanol–water partition coefficient (Wildman–Crippen LogP) is 4.72. The van der Waals surface area contributed by atoms with Gasteiger partial charge in [0, 0.05) is 24.2 Å². The largest absolute Gasteiger partial charge is 0.296 e. The van der Waals surface area contributed by atoms with E-state index in [9.17, 15) is 0 Å². The normalized spacial score (nSPS) is 24.6. The molecule has 2 bridgehead atoms. The lowest BCUT2D eigenvalue weighted by Crippen LogP contribution is -2.46. The number of nitrogens with zero attached hydrogens (tertiary/aromatic N) is 1. The molecule has 5 rings (SSSR count). The fourth-order valence-electron chi connectivity index (χ4n) is 4.16. The third-order valence-corrected chi connectivity index (χ3v) is 5.51. The summed E-state index contributed by atoms with van der Waals surface area (Å²) in [6.07, 6.45) is 5.16. The van der Waals surface area contributed by atoms with E-state index in [1.807, 2.05) is 6.07 Å². The molecule has 2 aliphatic heterocycles. The highest BCUT2D eigenvalue weighted by molar-refractivity contribution is 6.30. The first-order valence-corrected chi connectivity index (χ1v) is 8.71. The number of piperidine rings is 1. The molecule has 1 fully saturated rings. The highest BCUT2D eigenvalue weighted by atomic mass is 35.5. The van der Waals surface area contributed by atoms with E-state index >= 15 is 0 Å². The Bertz CT molecular complexity index is 666. The number of hydrogen-bond acceptors (Lipinski definition) is 1. The molecule has 0 N–H and O–H groups in total. The number of rotatable bonds is 2. The van der Waals surface area contributed by atoms with Crippen LogP contribution < -0.4 is 0 Å². The zero-order valence-corrected chi connectivity index (χ0v) is 13.6. The van der Waals surface area contributed by atoms with Crippen LogP contribution in [-0.4, -0.2) is 17.5 Å². The molecule has 1 saturated heterocycles. The van der Waals surface area contributed by atoms with Crippen molar-refractivity contribution in [1.82, 2.24) is 4.90 Å². The second-order valence-corrected chi connectivity index (χ2v) is 7.27. The minimum Gasteiger partial charge on any atom is -0.296 e. The van der Waals surface area contributed by atoms with Crippen LogP contribution in [0.25, 0.3) is 0 Å². The summed E-state index contributed by atoms with van der Waals surface area (Å²) in [4.78, 5) is 2.69. The van der Waals surface area contributed by atoms with Gasteiger partial charge < -0.3 is 0 Å². The molecule has 0 spiro atoms. The van der Waals surface area contributed by atoms with Gasteiger partial charge in [-0.25, -0.2) is 0 Å². The molecular weight excluding hydrogens is 290 g/mol. The highest BCUT2D eigenvalue weighted by Crippen LogP contribution is 2.33. The second kappa shape index (κ2) is 6.06. The van der Waals surface area contributed by atoms with E-state index in [2.05, 4.69) is 47.4 Å². The average molecular weight is 312 g/mol. The number of benzene rings is 2. The van der Waals surface area contributed by atoms with Gasteiger partial charge in [0.05, 0.1) is 0 Å². The van der Waals surface area contributed by atoms with Crippen molar-refractivity contribution in [3.8, 4) is 0 Å². The van der Waals surface area contributed by atoms with Gasteiger partial charge in [-0.3, -0.25) is 4.90 Å². The lowest BCUT2D eigenvalue weighted by Gasteiger charge is -2.42. The molecule has 22 heavy (non-hydrogen) atoms. The Hall–Kier alpha value is -1.31. The van der Waals surface area contributed by atoms with Crippen LogP contribution in [0.2, 0.25) is 5.02 Å². The molecule has 2 aromatic rings. The molecule has 1 aliphatic carbocycles. The molecule has 3 aliphatic rings. The van der Waals surface area contributed by atoms with Crippen LogP contribution in [0.15, 0.2) is 48.5 Å². The Kier molecular flexibility index (Phi) is 3.94. The van der Waals surface area contributed by atoms with E-state index in [4.69, 9.17) is 11.6 Å². The van der Waals surface area contributed by atoms with Gasteiger partial charge >= 0.3 is 0 Å². The molecular formula is C20H22ClN. The van der Waals surface area contributed by atoms with Crippen LogP contribution in [0.5, 0.6) is 0 Å². The summed E-state index contributed by atoms with van der Waals surface area (Å²) in [6, 6.07) is 18.1. The zero-order valence-electron chi connectivity index (χ0n) is 12.8. The van der Waals surface area contributed by atoms with Crippen LogP contribution >= 0.6 is 11.6 Å². The van der Waals surface area contributed by atoms with Crippen LogP contribution in [0.3, 0.4) is 0 Å². The van der Waals surface area contributed by atoms with Crippen LogP contribution in [0.4, 0.5) is 0 Å². The molecule has 1 nitrogen and oxygen atoms in total. The molecule has 0 aromatic heterocycles. The smallest absolute Gasteiger partial charge is 0.0409 e. The summed E-state index contributed by atoms with van der Waals surface area (Å²) in [5, 5.41) is 0.847. The maximum atomic E-state index is 6.15. The number of fused-ring (bicyclic) bond motifs is 2. The lowest BCUT2D eigenvalue weighted by molar-refractivity contribution is 0.0938. The van der Waals surface area contributed by atoms with Crippen molar-refractivity contribution < 1.29 is 0 Å². The van der Waals surface area contributed by atoms with E-state index in [0.29, 0.717) is 6.04 Å². The maximum absolute atomic E-state index is 6.15. The molecule has 0 amide bonds. The fraction of sp³-hybridized carbons (Fsp3) is 0.400. The van der Waals surface area contributed by atoms with Crippen molar-refractivity contribution >= 4 is 11.6 Å². The number of halogens is 1. The standard InChI is InChI=1S/C20H22ClN/c21-19-7-3-4-15(11-19)13-22-14-16-8-9-20(22)12-18-6-2-1-5-17(18)10-16/h1-7,11,16,20H,8-10,12-14H2/t16-,20-/m0/s1. The van der Waals surface area contributed by atoms with Gasteiger partial charge in [0.15, 0.2) is 0 Å². The van der Waals surface area contributed by atoms with Gasteiger partial charge in [-0.2, -0.15) is 0 Å². The summed E-state index contributed by atoms with van der Waals surface area (Å²) in [7, 11) is 0. The van der Waals surface area contributed by atoms with E-state index in [0.717, 1.165) is 17.5 Å². The van der Waals surface area contributed by atoms with E-state index in [1.165, 1.54) is 37.8 Å². The monoisotopic (exact) mass is 311 g/mol. The van der Waals surface area contributed by atoms with Crippen molar-refractivity contribution in [2.24, 2.45) is 5.92 Å². The molecule has 2 heteroatoms. The second-order valence-electron chi connectivity index (χ2n) is 6.83.